The topological polar surface area (TPSA) is 70.0 Å². The van der Waals surface area contributed by atoms with Crippen molar-refractivity contribution >= 4 is 21.4 Å². The molecule has 110 valence electrons. The van der Waals surface area contributed by atoms with Gasteiger partial charge in [-0.1, -0.05) is 6.92 Å². The molecule has 0 amide bonds. The molecule has 0 bridgehead atoms. The van der Waals surface area contributed by atoms with Crippen LogP contribution in [0.2, 0.25) is 0 Å². The molecular weight excluding hydrogens is 304 g/mol. The number of aryl methyl sites for hydroxylation is 2. The molecule has 1 aromatic heterocycles. The molecule has 0 spiro atoms. The molecule has 0 saturated carbocycles. The highest BCUT2D eigenvalue weighted by Crippen LogP contribution is 2.19. The molecule has 1 heterocycles. The van der Waals surface area contributed by atoms with Crippen LogP contribution in [-0.2, 0) is 23.0 Å². The van der Waals surface area contributed by atoms with E-state index in [1.807, 2.05) is 24.4 Å². The van der Waals surface area contributed by atoms with Crippen LogP contribution in [0.15, 0.2) is 34.5 Å². The van der Waals surface area contributed by atoms with E-state index in [-0.39, 0.29) is 4.90 Å². The average molecular weight is 320 g/mol. The molecule has 0 atom stereocenters. The van der Waals surface area contributed by atoms with Gasteiger partial charge in [0.2, 0.25) is 10.0 Å². The van der Waals surface area contributed by atoms with Crippen molar-refractivity contribution in [2.45, 2.75) is 31.7 Å². The second-order valence-corrected chi connectivity index (χ2v) is 7.40. The maximum Gasteiger partial charge on any atom is 0.240 e. The third kappa shape index (κ3) is 3.50. The Labute approximate surface area is 129 Å². The lowest BCUT2D eigenvalue weighted by molar-refractivity contribution is 0.581. The van der Waals surface area contributed by atoms with Gasteiger partial charge in [0.1, 0.15) is 0 Å². The fourth-order valence-electron chi connectivity index (χ4n) is 2.01. The van der Waals surface area contributed by atoms with E-state index in [9.17, 15) is 8.42 Å². The molecule has 1 N–H and O–H groups in total. The Morgan fingerprint density at radius 1 is 1.33 bits per heavy atom. The van der Waals surface area contributed by atoms with Crippen molar-refractivity contribution in [3.63, 3.8) is 0 Å². The number of nitriles is 1. The molecule has 0 saturated heterocycles. The van der Waals surface area contributed by atoms with Crippen LogP contribution >= 0.6 is 11.3 Å². The summed E-state index contributed by atoms with van der Waals surface area (Å²) in [5.74, 6) is 0. The van der Waals surface area contributed by atoms with E-state index in [1.165, 1.54) is 23.8 Å². The summed E-state index contributed by atoms with van der Waals surface area (Å²) in [6, 6.07) is 8.56. The third-order valence-corrected chi connectivity index (χ3v) is 5.63. The Bertz CT molecular complexity index is 786. The Morgan fingerprint density at radius 2 is 2.10 bits per heavy atom. The zero-order valence-electron chi connectivity index (χ0n) is 11.9. The maximum atomic E-state index is 12.3. The predicted octanol–water partition coefficient (Wildman–Crippen LogP) is 2.97. The fourth-order valence-corrected chi connectivity index (χ4v) is 4.10. The molecule has 0 aliphatic heterocycles. The van der Waals surface area contributed by atoms with Crippen LogP contribution in [-0.4, -0.2) is 8.42 Å². The Kier molecular flexibility index (Phi) is 4.78. The number of sulfonamides is 1. The van der Waals surface area contributed by atoms with Crippen LogP contribution in [0.4, 0.5) is 0 Å². The van der Waals surface area contributed by atoms with E-state index in [0.717, 1.165) is 11.3 Å². The fraction of sp³-hybridized carbons (Fsp3) is 0.267. The SMILES string of the molecule is CCc1ccsc1CNS(=O)(=O)c1ccc(C#N)c(C)c1. The maximum absolute atomic E-state index is 12.3. The number of hydrogen-bond acceptors (Lipinski definition) is 4. The predicted molar refractivity (Wildman–Crippen MR) is 83.6 cm³/mol. The highest BCUT2D eigenvalue weighted by molar-refractivity contribution is 7.89. The Hall–Kier alpha value is -1.68. The van der Waals surface area contributed by atoms with Gasteiger partial charge in [0.15, 0.2) is 0 Å². The second-order valence-electron chi connectivity index (χ2n) is 4.64. The van der Waals surface area contributed by atoms with Crippen molar-refractivity contribution in [3.8, 4) is 6.07 Å². The van der Waals surface area contributed by atoms with Crippen molar-refractivity contribution in [2.24, 2.45) is 0 Å². The summed E-state index contributed by atoms with van der Waals surface area (Å²) >= 11 is 1.55. The summed E-state index contributed by atoms with van der Waals surface area (Å²) in [5, 5.41) is 10.9. The highest BCUT2D eigenvalue weighted by Gasteiger charge is 2.16. The quantitative estimate of drug-likeness (QED) is 0.920. The molecule has 1 aromatic carbocycles. The standard InChI is InChI=1S/C15H16N2O2S2/c1-3-12-6-7-20-15(12)10-17-21(18,19)14-5-4-13(9-16)11(2)8-14/h4-8,17H,3,10H2,1-2H3. The molecular formula is C15H16N2O2S2. The second kappa shape index (κ2) is 6.39. The van der Waals surface area contributed by atoms with Crippen molar-refractivity contribution < 1.29 is 8.42 Å². The average Bonchev–Trinajstić information content (AvgIpc) is 2.92. The summed E-state index contributed by atoms with van der Waals surface area (Å²) in [6.45, 7) is 4.07. The van der Waals surface area contributed by atoms with Crippen LogP contribution in [0.3, 0.4) is 0 Å². The van der Waals surface area contributed by atoms with E-state index >= 15 is 0 Å². The number of nitrogens with one attached hydrogen (secondary N) is 1. The minimum Gasteiger partial charge on any atom is -0.207 e. The summed E-state index contributed by atoms with van der Waals surface area (Å²) in [7, 11) is -3.56. The number of rotatable bonds is 5. The summed E-state index contributed by atoms with van der Waals surface area (Å²) < 4.78 is 27.2. The van der Waals surface area contributed by atoms with E-state index < -0.39 is 10.0 Å². The summed E-state index contributed by atoms with van der Waals surface area (Å²) in [4.78, 5) is 1.22. The van der Waals surface area contributed by atoms with Crippen LogP contribution in [0.1, 0.15) is 28.5 Å². The summed E-state index contributed by atoms with van der Waals surface area (Å²) in [6.07, 6.45) is 0.885. The van der Waals surface area contributed by atoms with Crippen LogP contribution in [0.25, 0.3) is 0 Å². The van der Waals surface area contributed by atoms with Crippen molar-refractivity contribution in [2.75, 3.05) is 0 Å². The lowest BCUT2D eigenvalue weighted by Gasteiger charge is -2.08. The number of nitrogens with zero attached hydrogens (tertiary/aromatic N) is 1. The lowest BCUT2D eigenvalue weighted by Crippen LogP contribution is -2.23. The molecule has 4 nitrogen and oxygen atoms in total. The van der Waals surface area contributed by atoms with Gasteiger partial charge in [-0.05, 0) is 54.1 Å². The van der Waals surface area contributed by atoms with Gasteiger partial charge in [0, 0.05) is 11.4 Å². The first-order valence-corrected chi connectivity index (χ1v) is 8.90. The van der Waals surface area contributed by atoms with E-state index in [2.05, 4.69) is 4.72 Å². The van der Waals surface area contributed by atoms with Crippen molar-refractivity contribution in [3.05, 3.63) is 51.2 Å². The van der Waals surface area contributed by atoms with Gasteiger partial charge in [-0.2, -0.15) is 5.26 Å². The van der Waals surface area contributed by atoms with E-state index in [0.29, 0.717) is 17.7 Å². The van der Waals surface area contributed by atoms with E-state index in [1.54, 1.807) is 18.3 Å². The van der Waals surface area contributed by atoms with Crippen molar-refractivity contribution in [1.82, 2.24) is 4.72 Å². The molecule has 2 rings (SSSR count). The van der Waals surface area contributed by atoms with Gasteiger partial charge in [0.05, 0.1) is 16.5 Å². The minimum absolute atomic E-state index is 0.189. The molecule has 0 radical (unpaired) electrons. The molecule has 6 heteroatoms. The van der Waals surface area contributed by atoms with Gasteiger partial charge < -0.3 is 0 Å². The molecule has 0 aliphatic carbocycles. The number of hydrogen-bond donors (Lipinski definition) is 1. The zero-order valence-corrected chi connectivity index (χ0v) is 13.5. The number of benzene rings is 1. The minimum atomic E-state index is -3.56. The molecule has 21 heavy (non-hydrogen) atoms. The number of thiophene rings is 1. The van der Waals surface area contributed by atoms with E-state index in [4.69, 9.17) is 5.26 Å². The monoisotopic (exact) mass is 320 g/mol. The van der Waals surface area contributed by atoms with Crippen molar-refractivity contribution in [1.29, 1.82) is 5.26 Å². The van der Waals surface area contributed by atoms with Gasteiger partial charge >= 0.3 is 0 Å². The molecule has 2 aromatic rings. The van der Waals surface area contributed by atoms with Crippen LogP contribution in [0.5, 0.6) is 0 Å². The normalized spacial score (nSPS) is 11.3. The first-order valence-electron chi connectivity index (χ1n) is 6.53. The molecule has 0 fully saturated rings. The van der Waals surface area contributed by atoms with Crippen LogP contribution < -0.4 is 4.72 Å². The largest absolute Gasteiger partial charge is 0.240 e. The van der Waals surface area contributed by atoms with Gasteiger partial charge in [0.25, 0.3) is 0 Å². The zero-order chi connectivity index (χ0) is 15.5. The van der Waals surface area contributed by atoms with Gasteiger partial charge in [-0.25, -0.2) is 13.1 Å². The highest BCUT2D eigenvalue weighted by atomic mass is 32.2. The lowest BCUT2D eigenvalue weighted by atomic mass is 10.1. The third-order valence-electron chi connectivity index (χ3n) is 3.27. The summed E-state index contributed by atoms with van der Waals surface area (Å²) in [5.41, 5.74) is 2.31. The first kappa shape index (κ1) is 15.7. The Balaban J connectivity index is 2.19. The van der Waals surface area contributed by atoms with Crippen LogP contribution in [0, 0.1) is 18.3 Å². The van der Waals surface area contributed by atoms with Gasteiger partial charge in [-0.3, -0.25) is 0 Å². The smallest absolute Gasteiger partial charge is 0.207 e. The molecule has 0 aliphatic rings. The molecule has 0 unspecified atom stereocenters. The van der Waals surface area contributed by atoms with Gasteiger partial charge in [-0.15, -0.1) is 11.3 Å². The first-order chi connectivity index (χ1) is 9.97. The Morgan fingerprint density at radius 3 is 2.71 bits per heavy atom.